The molecule has 1 aromatic heterocycles. The minimum absolute atomic E-state index is 0.662. The van der Waals surface area contributed by atoms with E-state index >= 15 is 0 Å². The summed E-state index contributed by atoms with van der Waals surface area (Å²) >= 11 is 6.28. The Hall–Kier alpha value is -1.48. The lowest BCUT2D eigenvalue weighted by Gasteiger charge is -2.05. The number of rotatable bonds is 3. The zero-order chi connectivity index (χ0) is 12.4. The summed E-state index contributed by atoms with van der Waals surface area (Å²) < 4.78 is 6.94. The maximum atomic E-state index is 6.28. The second kappa shape index (κ2) is 4.80. The average molecular weight is 251 g/mol. The molecule has 0 aliphatic heterocycles. The Labute approximate surface area is 106 Å². The van der Waals surface area contributed by atoms with Crippen LogP contribution in [0.25, 0.3) is 5.69 Å². The van der Waals surface area contributed by atoms with Crippen molar-refractivity contribution in [2.24, 2.45) is 0 Å². The van der Waals surface area contributed by atoms with Crippen LogP contribution < -0.4 is 4.74 Å². The second-order valence-corrected chi connectivity index (χ2v) is 4.19. The summed E-state index contributed by atoms with van der Waals surface area (Å²) in [5, 5.41) is 5.16. The van der Waals surface area contributed by atoms with Crippen LogP contribution in [0.5, 0.6) is 5.75 Å². The van der Waals surface area contributed by atoms with E-state index in [2.05, 4.69) is 12.0 Å². The third-order valence-corrected chi connectivity index (χ3v) is 3.23. The number of aromatic nitrogens is 2. The Morgan fingerprint density at radius 1 is 1.41 bits per heavy atom. The quantitative estimate of drug-likeness (QED) is 0.835. The van der Waals surface area contributed by atoms with Gasteiger partial charge in [-0.3, -0.25) is 0 Å². The Kier molecular flexibility index (Phi) is 3.38. The Balaban J connectivity index is 2.52. The second-order valence-electron chi connectivity index (χ2n) is 3.83. The van der Waals surface area contributed by atoms with Gasteiger partial charge in [-0.05, 0) is 25.5 Å². The van der Waals surface area contributed by atoms with Crippen LogP contribution in [0, 0.1) is 6.92 Å². The Morgan fingerprint density at radius 2 is 2.18 bits per heavy atom. The van der Waals surface area contributed by atoms with E-state index < -0.39 is 0 Å². The summed E-state index contributed by atoms with van der Waals surface area (Å²) in [4.78, 5) is 0. The van der Waals surface area contributed by atoms with Gasteiger partial charge in [0.15, 0.2) is 0 Å². The SMILES string of the molecule is CCc1nn(-c2cccc(OC)c2)c(Cl)c1C. The predicted molar refractivity (Wildman–Crippen MR) is 69.2 cm³/mol. The Bertz CT molecular complexity index is 534. The molecule has 2 rings (SSSR count). The first-order valence-electron chi connectivity index (χ1n) is 5.55. The first kappa shape index (κ1) is 12.0. The number of hydrogen-bond acceptors (Lipinski definition) is 2. The molecule has 0 atom stereocenters. The van der Waals surface area contributed by atoms with E-state index in [0.29, 0.717) is 5.15 Å². The highest BCUT2D eigenvalue weighted by Crippen LogP contribution is 2.25. The van der Waals surface area contributed by atoms with Crippen LogP contribution in [-0.4, -0.2) is 16.9 Å². The van der Waals surface area contributed by atoms with E-state index in [1.807, 2.05) is 31.2 Å². The lowest BCUT2D eigenvalue weighted by atomic mass is 10.2. The van der Waals surface area contributed by atoms with E-state index in [9.17, 15) is 0 Å². The molecule has 0 aliphatic carbocycles. The van der Waals surface area contributed by atoms with E-state index in [-0.39, 0.29) is 0 Å². The number of ether oxygens (including phenoxy) is 1. The molecular formula is C13H15ClN2O. The minimum Gasteiger partial charge on any atom is -0.497 e. The monoisotopic (exact) mass is 250 g/mol. The molecule has 0 fully saturated rings. The van der Waals surface area contributed by atoms with Gasteiger partial charge in [-0.1, -0.05) is 24.6 Å². The van der Waals surface area contributed by atoms with Crippen LogP contribution in [-0.2, 0) is 6.42 Å². The number of nitrogens with zero attached hydrogens (tertiary/aromatic N) is 2. The van der Waals surface area contributed by atoms with Crippen molar-refractivity contribution in [3.8, 4) is 11.4 Å². The Morgan fingerprint density at radius 3 is 2.76 bits per heavy atom. The summed E-state index contributed by atoms with van der Waals surface area (Å²) in [6.07, 6.45) is 0.878. The fourth-order valence-electron chi connectivity index (χ4n) is 1.77. The average Bonchev–Trinajstić information content (AvgIpc) is 2.66. The van der Waals surface area contributed by atoms with Gasteiger partial charge in [-0.2, -0.15) is 5.10 Å². The molecule has 0 saturated carbocycles. The van der Waals surface area contributed by atoms with Crippen LogP contribution in [0.3, 0.4) is 0 Å². The number of aryl methyl sites for hydroxylation is 1. The van der Waals surface area contributed by atoms with Gasteiger partial charge in [0.2, 0.25) is 0 Å². The molecule has 0 aliphatic rings. The van der Waals surface area contributed by atoms with Crippen molar-refractivity contribution in [1.29, 1.82) is 0 Å². The van der Waals surface area contributed by atoms with Crippen molar-refractivity contribution in [2.45, 2.75) is 20.3 Å². The molecule has 4 heteroatoms. The smallest absolute Gasteiger partial charge is 0.136 e. The zero-order valence-electron chi connectivity index (χ0n) is 10.2. The van der Waals surface area contributed by atoms with E-state index in [1.54, 1.807) is 11.8 Å². The first-order chi connectivity index (χ1) is 8.17. The van der Waals surface area contributed by atoms with Gasteiger partial charge < -0.3 is 4.74 Å². The van der Waals surface area contributed by atoms with Crippen molar-refractivity contribution in [3.05, 3.63) is 40.7 Å². The summed E-state index contributed by atoms with van der Waals surface area (Å²) in [5.41, 5.74) is 2.98. The fraction of sp³-hybridized carbons (Fsp3) is 0.308. The van der Waals surface area contributed by atoms with Gasteiger partial charge in [0.05, 0.1) is 18.5 Å². The van der Waals surface area contributed by atoms with E-state index in [4.69, 9.17) is 16.3 Å². The number of methoxy groups -OCH3 is 1. The van der Waals surface area contributed by atoms with Crippen LogP contribution in [0.15, 0.2) is 24.3 Å². The van der Waals surface area contributed by atoms with Crippen LogP contribution in [0.4, 0.5) is 0 Å². The lowest BCUT2D eigenvalue weighted by Crippen LogP contribution is -1.97. The standard InChI is InChI=1S/C13H15ClN2O/c1-4-12-9(2)13(14)16(15-12)10-6-5-7-11(8-10)17-3/h5-8H,4H2,1-3H3. The lowest BCUT2D eigenvalue weighted by molar-refractivity contribution is 0.414. The van der Waals surface area contributed by atoms with E-state index in [1.165, 1.54) is 0 Å². The van der Waals surface area contributed by atoms with Gasteiger partial charge in [0.25, 0.3) is 0 Å². The zero-order valence-corrected chi connectivity index (χ0v) is 11.0. The third kappa shape index (κ3) is 2.15. The fourth-order valence-corrected chi connectivity index (χ4v) is 2.01. The molecule has 0 spiro atoms. The molecule has 0 bridgehead atoms. The van der Waals surface area contributed by atoms with Gasteiger partial charge in [0, 0.05) is 11.6 Å². The van der Waals surface area contributed by atoms with E-state index in [0.717, 1.165) is 29.1 Å². The molecular weight excluding hydrogens is 236 g/mol. The van der Waals surface area contributed by atoms with Gasteiger partial charge in [-0.25, -0.2) is 4.68 Å². The van der Waals surface area contributed by atoms with Crippen LogP contribution >= 0.6 is 11.6 Å². The third-order valence-electron chi connectivity index (χ3n) is 2.78. The predicted octanol–water partition coefficient (Wildman–Crippen LogP) is 3.41. The van der Waals surface area contributed by atoms with Crippen molar-refractivity contribution >= 4 is 11.6 Å². The molecule has 2 aromatic rings. The maximum Gasteiger partial charge on any atom is 0.136 e. The van der Waals surface area contributed by atoms with Crippen molar-refractivity contribution in [3.63, 3.8) is 0 Å². The van der Waals surface area contributed by atoms with Gasteiger partial charge in [0.1, 0.15) is 10.9 Å². The molecule has 0 unspecified atom stereocenters. The van der Waals surface area contributed by atoms with Crippen molar-refractivity contribution in [1.82, 2.24) is 9.78 Å². The molecule has 1 aromatic carbocycles. The molecule has 0 N–H and O–H groups in total. The summed E-state index contributed by atoms with van der Waals surface area (Å²) in [6, 6.07) is 7.69. The number of benzene rings is 1. The number of halogens is 1. The summed E-state index contributed by atoms with van der Waals surface area (Å²) in [5.74, 6) is 0.796. The number of hydrogen-bond donors (Lipinski definition) is 0. The highest BCUT2D eigenvalue weighted by Gasteiger charge is 2.12. The van der Waals surface area contributed by atoms with Crippen molar-refractivity contribution in [2.75, 3.05) is 7.11 Å². The molecule has 1 heterocycles. The largest absolute Gasteiger partial charge is 0.497 e. The minimum atomic E-state index is 0.662. The van der Waals surface area contributed by atoms with Crippen LogP contribution in [0.2, 0.25) is 5.15 Å². The summed E-state index contributed by atoms with van der Waals surface area (Å²) in [7, 11) is 1.65. The topological polar surface area (TPSA) is 27.1 Å². The highest BCUT2D eigenvalue weighted by molar-refractivity contribution is 6.30. The normalized spacial score (nSPS) is 10.6. The van der Waals surface area contributed by atoms with Crippen LogP contribution in [0.1, 0.15) is 18.2 Å². The molecule has 3 nitrogen and oxygen atoms in total. The molecule has 0 radical (unpaired) electrons. The maximum absolute atomic E-state index is 6.28. The summed E-state index contributed by atoms with van der Waals surface area (Å²) in [6.45, 7) is 4.06. The highest BCUT2D eigenvalue weighted by atomic mass is 35.5. The van der Waals surface area contributed by atoms with Gasteiger partial charge >= 0.3 is 0 Å². The first-order valence-corrected chi connectivity index (χ1v) is 5.93. The molecule has 17 heavy (non-hydrogen) atoms. The van der Waals surface area contributed by atoms with Gasteiger partial charge in [-0.15, -0.1) is 0 Å². The molecule has 0 saturated heterocycles. The molecule has 0 amide bonds. The van der Waals surface area contributed by atoms with Crippen molar-refractivity contribution < 1.29 is 4.74 Å². The molecule has 90 valence electrons.